The Bertz CT molecular complexity index is 774. The van der Waals surface area contributed by atoms with Crippen molar-refractivity contribution in [1.82, 2.24) is 21.4 Å². The number of hydrogen-bond donors (Lipinski definition) is 4. The van der Waals surface area contributed by atoms with Crippen molar-refractivity contribution < 1.29 is 14.3 Å². The Morgan fingerprint density at radius 1 is 0.966 bits per heavy atom. The highest BCUT2D eigenvalue weighted by Crippen LogP contribution is 2.23. The summed E-state index contributed by atoms with van der Waals surface area (Å²) in [5.41, 5.74) is 2.72. The molecule has 1 aliphatic carbocycles. The number of nitroso groups, excluding NO2 is 1. The second-order valence-electron chi connectivity index (χ2n) is 7.03. The van der Waals surface area contributed by atoms with Gasteiger partial charge in [-0.25, -0.2) is 5.43 Å². The maximum atomic E-state index is 12.7. The van der Waals surface area contributed by atoms with Gasteiger partial charge in [0.05, 0.1) is 11.4 Å². The van der Waals surface area contributed by atoms with Crippen molar-refractivity contribution >= 4 is 11.6 Å². The van der Waals surface area contributed by atoms with Gasteiger partial charge in [0.2, 0.25) is 11.6 Å². The molecule has 29 heavy (non-hydrogen) atoms. The molecule has 0 aromatic heterocycles. The van der Waals surface area contributed by atoms with E-state index in [0.29, 0.717) is 18.2 Å². The van der Waals surface area contributed by atoms with E-state index in [1.54, 1.807) is 24.3 Å². The third-order valence-corrected chi connectivity index (χ3v) is 4.98. The first-order valence-corrected chi connectivity index (χ1v) is 10.0. The molecular weight excluding hydrogens is 374 g/mol. The predicted molar refractivity (Wildman–Crippen MR) is 108 cm³/mol. The van der Waals surface area contributed by atoms with E-state index in [1.807, 2.05) is 0 Å². The molecule has 156 valence electrons. The molecule has 1 atom stereocenters. The van der Waals surface area contributed by atoms with Gasteiger partial charge < -0.3 is 20.7 Å². The molecule has 0 saturated carbocycles. The summed E-state index contributed by atoms with van der Waals surface area (Å²) >= 11 is 0. The monoisotopic (exact) mass is 401 g/mol. The largest absolute Gasteiger partial charge is 0.380 e. The first kappa shape index (κ1) is 21.1. The molecule has 9 heteroatoms. The van der Waals surface area contributed by atoms with Crippen LogP contribution in [-0.4, -0.2) is 57.0 Å². The molecule has 2 aliphatic rings. The number of carbonyl (C=O) groups is 2. The van der Waals surface area contributed by atoms with Crippen LogP contribution in [0.2, 0.25) is 0 Å². The van der Waals surface area contributed by atoms with E-state index in [9.17, 15) is 14.5 Å². The number of allylic oxidation sites excluding steroid dienone is 2. The highest BCUT2D eigenvalue weighted by atomic mass is 16.5. The molecule has 0 bridgehead atoms. The van der Waals surface area contributed by atoms with Gasteiger partial charge in [0.1, 0.15) is 11.4 Å². The van der Waals surface area contributed by atoms with Gasteiger partial charge in [0.15, 0.2) is 0 Å². The molecule has 1 fully saturated rings. The zero-order valence-corrected chi connectivity index (χ0v) is 16.3. The maximum absolute atomic E-state index is 12.7. The van der Waals surface area contributed by atoms with Gasteiger partial charge in [-0.15, -0.1) is 4.91 Å². The Hall–Kier alpha value is -2.62. The molecule has 0 amide bonds. The fourth-order valence-electron chi connectivity index (χ4n) is 3.49. The molecule has 0 radical (unpaired) electrons. The van der Waals surface area contributed by atoms with Gasteiger partial charge in [-0.1, -0.05) is 24.3 Å². The van der Waals surface area contributed by atoms with Crippen molar-refractivity contribution in [1.29, 1.82) is 0 Å². The van der Waals surface area contributed by atoms with Gasteiger partial charge in [0, 0.05) is 43.9 Å². The Kier molecular flexibility index (Phi) is 7.85. The van der Waals surface area contributed by atoms with Crippen LogP contribution in [0.5, 0.6) is 0 Å². The summed E-state index contributed by atoms with van der Waals surface area (Å²) in [6.45, 7) is 4.69. The minimum Gasteiger partial charge on any atom is -0.380 e. The Balaban J connectivity index is 1.40. The number of ether oxygens (including phenoxy) is 1. The molecular formula is C20H27N5O4. The van der Waals surface area contributed by atoms with Crippen molar-refractivity contribution in [3.63, 3.8) is 0 Å². The van der Waals surface area contributed by atoms with Crippen LogP contribution in [0.3, 0.4) is 0 Å². The number of nitrogens with one attached hydrogen (secondary N) is 4. The summed E-state index contributed by atoms with van der Waals surface area (Å²) in [7, 11) is 0. The number of ketones is 2. The second-order valence-corrected chi connectivity index (χ2v) is 7.03. The van der Waals surface area contributed by atoms with Crippen molar-refractivity contribution in [2.75, 3.05) is 39.3 Å². The SMILES string of the molecule is O=NNC1=C(NCCCNCCNCC2CCCO2)C(=O)c2ccccc2C1=O. The molecule has 1 saturated heterocycles. The smallest absolute Gasteiger partial charge is 0.213 e. The van der Waals surface area contributed by atoms with E-state index in [2.05, 4.69) is 26.7 Å². The molecule has 1 aromatic rings. The van der Waals surface area contributed by atoms with E-state index < -0.39 is 5.78 Å². The standard InChI is InChI=1S/C20H27N5O4/c26-19-15-6-1-2-7-16(15)20(27)18(24-25-28)17(19)23-9-4-8-21-10-11-22-13-14-5-3-12-29-14/h1-2,6-7,14,21-23H,3-5,8-13H2,(H,24,28). The number of Topliss-reactive ketones (excluding diaryl/α,β-unsaturated/α-hetero) is 2. The lowest BCUT2D eigenvalue weighted by Crippen LogP contribution is -2.36. The lowest BCUT2D eigenvalue weighted by molar-refractivity contribution is 0.0962. The minimum atomic E-state index is -0.419. The molecule has 1 heterocycles. The quantitative estimate of drug-likeness (QED) is 0.231. The van der Waals surface area contributed by atoms with Gasteiger partial charge in [-0.3, -0.25) is 9.59 Å². The van der Waals surface area contributed by atoms with Crippen LogP contribution in [0.4, 0.5) is 0 Å². The third kappa shape index (κ3) is 5.47. The van der Waals surface area contributed by atoms with Crippen LogP contribution < -0.4 is 21.4 Å². The number of carbonyl (C=O) groups excluding carboxylic acids is 2. The predicted octanol–water partition coefficient (Wildman–Crippen LogP) is 0.886. The van der Waals surface area contributed by atoms with Gasteiger partial charge >= 0.3 is 0 Å². The van der Waals surface area contributed by atoms with Crippen molar-refractivity contribution in [3.8, 4) is 0 Å². The summed E-state index contributed by atoms with van der Waals surface area (Å²) in [6.07, 6.45) is 3.37. The number of hydrogen-bond acceptors (Lipinski definition) is 8. The first-order valence-electron chi connectivity index (χ1n) is 10.0. The fraction of sp³-hybridized carbons (Fsp3) is 0.500. The molecule has 1 unspecified atom stereocenters. The lowest BCUT2D eigenvalue weighted by atomic mass is 9.90. The Morgan fingerprint density at radius 2 is 1.69 bits per heavy atom. The van der Waals surface area contributed by atoms with E-state index in [0.717, 1.165) is 52.0 Å². The van der Waals surface area contributed by atoms with Crippen LogP contribution in [0.25, 0.3) is 0 Å². The van der Waals surface area contributed by atoms with Crippen molar-refractivity contribution in [3.05, 3.63) is 51.7 Å². The van der Waals surface area contributed by atoms with Gasteiger partial charge in [0.25, 0.3) is 0 Å². The van der Waals surface area contributed by atoms with E-state index in [-0.39, 0.29) is 22.7 Å². The highest BCUT2D eigenvalue weighted by Gasteiger charge is 2.32. The molecule has 4 N–H and O–H groups in total. The summed E-state index contributed by atoms with van der Waals surface area (Å²) in [5.74, 6) is -0.740. The highest BCUT2D eigenvalue weighted by molar-refractivity contribution is 6.26. The average molecular weight is 401 g/mol. The summed E-state index contributed by atoms with van der Waals surface area (Å²) < 4.78 is 5.56. The Labute approximate surface area is 169 Å². The summed E-state index contributed by atoms with van der Waals surface area (Å²) in [5, 5.41) is 12.3. The van der Waals surface area contributed by atoms with Crippen LogP contribution in [0.15, 0.2) is 40.9 Å². The molecule has 1 aromatic carbocycles. The molecule has 9 nitrogen and oxygen atoms in total. The van der Waals surface area contributed by atoms with Gasteiger partial charge in [-0.05, 0) is 25.8 Å². The zero-order chi connectivity index (χ0) is 20.5. The number of fused-ring (bicyclic) bond motifs is 1. The zero-order valence-electron chi connectivity index (χ0n) is 16.3. The van der Waals surface area contributed by atoms with E-state index in [1.165, 1.54) is 0 Å². The van der Waals surface area contributed by atoms with Crippen molar-refractivity contribution in [2.45, 2.75) is 25.4 Å². The van der Waals surface area contributed by atoms with Gasteiger partial charge in [-0.2, -0.15) is 0 Å². The van der Waals surface area contributed by atoms with Crippen LogP contribution >= 0.6 is 0 Å². The topological polar surface area (TPSA) is 121 Å². The summed E-state index contributed by atoms with van der Waals surface area (Å²) in [6, 6.07) is 6.55. The lowest BCUT2D eigenvalue weighted by Gasteiger charge is -2.20. The van der Waals surface area contributed by atoms with Crippen LogP contribution in [0.1, 0.15) is 40.0 Å². The van der Waals surface area contributed by atoms with Crippen LogP contribution in [0, 0.1) is 4.91 Å². The fourth-order valence-corrected chi connectivity index (χ4v) is 3.49. The average Bonchev–Trinajstić information content (AvgIpc) is 3.26. The molecule has 3 rings (SSSR count). The summed E-state index contributed by atoms with van der Waals surface area (Å²) in [4.78, 5) is 35.9. The molecule has 0 spiro atoms. The number of benzene rings is 1. The first-order chi connectivity index (χ1) is 14.2. The normalized spacial score (nSPS) is 18.7. The second kappa shape index (κ2) is 10.8. The Morgan fingerprint density at radius 3 is 2.38 bits per heavy atom. The number of nitrogens with zero attached hydrogens (tertiary/aromatic N) is 1. The number of rotatable bonds is 12. The van der Waals surface area contributed by atoms with Crippen molar-refractivity contribution in [2.24, 2.45) is 5.29 Å². The molecule has 1 aliphatic heterocycles. The van der Waals surface area contributed by atoms with Crippen LogP contribution in [-0.2, 0) is 4.74 Å². The van der Waals surface area contributed by atoms with E-state index in [4.69, 9.17) is 4.74 Å². The third-order valence-electron chi connectivity index (χ3n) is 4.98. The van der Waals surface area contributed by atoms with E-state index >= 15 is 0 Å². The minimum absolute atomic E-state index is 0.0894. The maximum Gasteiger partial charge on any atom is 0.213 e.